The molecule has 0 radical (unpaired) electrons. The molecular formula is C13H28N2. The van der Waals surface area contributed by atoms with E-state index >= 15 is 0 Å². The van der Waals surface area contributed by atoms with Gasteiger partial charge < -0.3 is 5.73 Å². The molecule has 2 nitrogen and oxygen atoms in total. The molecule has 0 rings (SSSR count). The molecule has 0 amide bonds. The molecule has 0 aromatic carbocycles. The van der Waals surface area contributed by atoms with Crippen LogP contribution in [0.4, 0.5) is 0 Å². The Labute approximate surface area is 95.4 Å². The van der Waals surface area contributed by atoms with Crippen LogP contribution in [0.2, 0.25) is 0 Å². The summed E-state index contributed by atoms with van der Waals surface area (Å²) in [5.41, 5.74) is 5.98. The molecule has 0 aromatic heterocycles. The highest BCUT2D eigenvalue weighted by Crippen LogP contribution is 2.12. The third-order valence-corrected chi connectivity index (χ3v) is 2.96. The summed E-state index contributed by atoms with van der Waals surface area (Å²) >= 11 is 0. The van der Waals surface area contributed by atoms with Crippen LogP contribution in [-0.2, 0) is 0 Å². The van der Waals surface area contributed by atoms with Gasteiger partial charge in [-0.25, -0.2) is 0 Å². The lowest BCUT2D eigenvalue weighted by atomic mass is 10.0. The van der Waals surface area contributed by atoms with Crippen LogP contribution in [0.5, 0.6) is 0 Å². The SMILES string of the molecule is CCCCC(CCC)N=C(N)[C@@H](C)CC. The van der Waals surface area contributed by atoms with Crippen LogP contribution in [0, 0.1) is 5.92 Å². The van der Waals surface area contributed by atoms with Crippen molar-refractivity contribution in [2.75, 3.05) is 0 Å². The van der Waals surface area contributed by atoms with Crippen molar-refractivity contribution >= 4 is 5.84 Å². The van der Waals surface area contributed by atoms with Gasteiger partial charge in [-0.15, -0.1) is 0 Å². The quantitative estimate of drug-likeness (QED) is 0.483. The largest absolute Gasteiger partial charge is 0.387 e. The average molecular weight is 212 g/mol. The molecule has 0 saturated heterocycles. The van der Waals surface area contributed by atoms with E-state index in [4.69, 9.17) is 5.73 Å². The maximum atomic E-state index is 5.98. The van der Waals surface area contributed by atoms with Crippen LogP contribution in [-0.4, -0.2) is 11.9 Å². The number of hydrogen-bond donors (Lipinski definition) is 1. The van der Waals surface area contributed by atoms with Gasteiger partial charge in [-0.3, -0.25) is 4.99 Å². The molecular weight excluding hydrogens is 184 g/mol. The lowest BCUT2D eigenvalue weighted by Crippen LogP contribution is -2.23. The van der Waals surface area contributed by atoms with Crippen LogP contribution >= 0.6 is 0 Å². The summed E-state index contributed by atoms with van der Waals surface area (Å²) in [5.74, 6) is 1.29. The highest BCUT2D eigenvalue weighted by molar-refractivity contribution is 5.82. The molecule has 0 spiro atoms. The van der Waals surface area contributed by atoms with Crippen molar-refractivity contribution in [2.24, 2.45) is 16.6 Å². The van der Waals surface area contributed by atoms with Crippen molar-refractivity contribution in [3.63, 3.8) is 0 Å². The highest BCUT2D eigenvalue weighted by atomic mass is 14.9. The van der Waals surface area contributed by atoms with Crippen molar-refractivity contribution in [1.82, 2.24) is 0 Å². The van der Waals surface area contributed by atoms with E-state index in [1.807, 2.05) is 0 Å². The van der Waals surface area contributed by atoms with E-state index in [2.05, 4.69) is 32.7 Å². The molecule has 0 aliphatic rings. The summed E-state index contributed by atoms with van der Waals surface area (Å²) in [4.78, 5) is 4.67. The van der Waals surface area contributed by atoms with E-state index in [1.165, 1.54) is 32.1 Å². The van der Waals surface area contributed by atoms with Crippen LogP contribution in [0.15, 0.2) is 4.99 Å². The zero-order valence-electron chi connectivity index (χ0n) is 10.9. The first-order chi connectivity index (χ1) is 7.15. The number of hydrogen-bond acceptors (Lipinski definition) is 1. The predicted octanol–water partition coefficient (Wildman–Crippen LogP) is 3.75. The third kappa shape index (κ3) is 6.53. The molecule has 0 aliphatic carbocycles. The fraction of sp³-hybridized carbons (Fsp3) is 0.923. The first-order valence-corrected chi connectivity index (χ1v) is 6.48. The number of nitrogens with two attached hydrogens (primary N) is 1. The first-order valence-electron chi connectivity index (χ1n) is 6.48. The monoisotopic (exact) mass is 212 g/mol. The Bertz CT molecular complexity index is 175. The minimum absolute atomic E-state index is 0.436. The minimum atomic E-state index is 0.436. The van der Waals surface area contributed by atoms with Gasteiger partial charge in [0.2, 0.25) is 0 Å². The molecule has 0 bridgehead atoms. The van der Waals surface area contributed by atoms with Crippen molar-refractivity contribution < 1.29 is 0 Å². The van der Waals surface area contributed by atoms with E-state index in [-0.39, 0.29) is 0 Å². The summed E-state index contributed by atoms with van der Waals surface area (Å²) in [6.45, 7) is 8.76. The van der Waals surface area contributed by atoms with Crippen molar-refractivity contribution in [3.05, 3.63) is 0 Å². The number of amidine groups is 1. The molecule has 0 saturated carbocycles. The summed E-state index contributed by atoms with van der Waals surface area (Å²) in [6, 6.07) is 0.462. The van der Waals surface area contributed by atoms with E-state index in [0.29, 0.717) is 12.0 Å². The maximum Gasteiger partial charge on any atom is 0.0968 e. The molecule has 15 heavy (non-hydrogen) atoms. The molecule has 0 fully saturated rings. The van der Waals surface area contributed by atoms with Gasteiger partial charge in [0.15, 0.2) is 0 Å². The molecule has 0 aliphatic heterocycles. The number of unbranched alkanes of at least 4 members (excludes halogenated alkanes) is 1. The maximum absolute atomic E-state index is 5.98. The Morgan fingerprint density at radius 3 is 2.27 bits per heavy atom. The highest BCUT2D eigenvalue weighted by Gasteiger charge is 2.09. The van der Waals surface area contributed by atoms with Gasteiger partial charge in [-0.1, -0.05) is 47.0 Å². The molecule has 2 atom stereocenters. The van der Waals surface area contributed by atoms with Crippen LogP contribution < -0.4 is 5.73 Å². The van der Waals surface area contributed by atoms with Crippen molar-refractivity contribution in [2.45, 2.75) is 72.3 Å². The second-order valence-corrected chi connectivity index (χ2v) is 4.45. The van der Waals surface area contributed by atoms with Crippen LogP contribution in [0.3, 0.4) is 0 Å². The Morgan fingerprint density at radius 1 is 1.13 bits per heavy atom. The molecule has 0 aromatic rings. The van der Waals surface area contributed by atoms with Crippen molar-refractivity contribution in [1.29, 1.82) is 0 Å². The smallest absolute Gasteiger partial charge is 0.0968 e. The summed E-state index contributed by atoms with van der Waals surface area (Å²) < 4.78 is 0. The van der Waals surface area contributed by atoms with Gasteiger partial charge >= 0.3 is 0 Å². The lowest BCUT2D eigenvalue weighted by Gasteiger charge is -2.15. The van der Waals surface area contributed by atoms with E-state index in [1.54, 1.807) is 0 Å². The third-order valence-electron chi connectivity index (χ3n) is 2.96. The van der Waals surface area contributed by atoms with Gasteiger partial charge in [0, 0.05) is 5.92 Å². The predicted molar refractivity (Wildman–Crippen MR) is 69.3 cm³/mol. The van der Waals surface area contributed by atoms with Crippen LogP contribution in [0.25, 0.3) is 0 Å². The van der Waals surface area contributed by atoms with Gasteiger partial charge in [-0.2, -0.15) is 0 Å². The minimum Gasteiger partial charge on any atom is -0.387 e. The van der Waals surface area contributed by atoms with Gasteiger partial charge in [0.1, 0.15) is 0 Å². The molecule has 1 unspecified atom stereocenters. The van der Waals surface area contributed by atoms with Gasteiger partial charge in [-0.05, 0) is 19.3 Å². The summed E-state index contributed by atoms with van der Waals surface area (Å²) in [5, 5.41) is 0. The zero-order chi connectivity index (χ0) is 11.7. The molecule has 90 valence electrons. The average Bonchev–Trinajstić information content (AvgIpc) is 2.24. The van der Waals surface area contributed by atoms with E-state index < -0.39 is 0 Å². The zero-order valence-corrected chi connectivity index (χ0v) is 10.9. The van der Waals surface area contributed by atoms with Crippen molar-refractivity contribution in [3.8, 4) is 0 Å². The molecule has 2 heteroatoms. The second-order valence-electron chi connectivity index (χ2n) is 4.45. The summed E-state index contributed by atoms with van der Waals surface area (Å²) in [7, 11) is 0. The lowest BCUT2D eigenvalue weighted by molar-refractivity contribution is 0.532. The summed E-state index contributed by atoms with van der Waals surface area (Å²) in [6.07, 6.45) is 7.17. The number of nitrogens with zero attached hydrogens (tertiary/aromatic N) is 1. The Hall–Kier alpha value is -0.530. The Kier molecular flexibility index (Phi) is 8.44. The first kappa shape index (κ1) is 14.5. The Morgan fingerprint density at radius 2 is 1.80 bits per heavy atom. The Balaban J connectivity index is 4.22. The second kappa shape index (κ2) is 8.75. The fourth-order valence-corrected chi connectivity index (χ4v) is 1.59. The standard InChI is InChI=1S/C13H28N2/c1-5-8-10-12(9-6-2)15-13(14)11(4)7-3/h11-12H,5-10H2,1-4H3,(H2,14,15)/t11-,12?/m0/s1. The number of rotatable bonds is 8. The molecule has 2 N–H and O–H groups in total. The van der Waals surface area contributed by atoms with Crippen LogP contribution in [0.1, 0.15) is 66.2 Å². The van der Waals surface area contributed by atoms with E-state index in [0.717, 1.165) is 12.3 Å². The van der Waals surface area contributed by atoms with E-state index in [9.17, 15) is 0 Å². The van der Waals surface area contributed by atoms with Gasteiger partial charge in [0.25, 0.3) is 0 Å². The molecule has 0 heterocycles. The number of aliphatic imine (C=N–C) groups is 1. The fourth-order valence-electron chi connectivity index (χ4n) is 1.59. The van der Waals surface area contributed by atoms with Gasteiger partial charge in [0.05, 0.1) is 11.9 Å². The normalized spacial score (nSPS) is 16.4. The topological polar surface area (TPSA) is 38.4 Å².